The first-order valence-electron chi connectivity index (χ1n) is 7.94. The first-order valence-corrected chi connectivity index (χ1v) is 10.1. The molecule has 10 heteroatoms. The van der Waals surface area contributed by atoms with Crippen LogP contribution in [0.25, 0.3) is 0 Å². The van der Waals surface area contributed by atoms with Crippen LogP contribution in [0.3, 0.4) is 0 Å². The first kappa shape index (κ1) is 20.8. The van der Waals surface area contributed by atoms with E-state index in [1.807, 2.05) is 12.1 Å². The Morgan fingerprint density at radius 1 is 1.14 bits per heavy atom. The summed E-state index contributed by atoms with van der Waals surface area (Å²) in [5.41, 5.74) is 1.57. The van der Waals surface area contributed by atoms with Gasteiger partial charge in [0, 0.05) is 11.6 Å². The highest BCUT2D eigenvalue weighted by Gasteiger charge is 2.16. The van der Waals surface area contributed by atoms with E-state index in [1.54, 1.807) is 25.5 Å². The zero-order valence-corrected chi connectivity index (χ0v) is 17.6. The van der Waals surface area contributed by atoms with Gasteiger partial charge in [-0.1, -0.05) is 46.6 Å². The second-order valence-corrected chi connectivity index (χ2v) is 7.73. The minimum atomic E-state index is -0.0798. The Morgan fingerprint density at radius 3 is 2.64 bits per heavy atom. The molecular weight excluding hydrogens is 445 g/mol. The molecule has 2 aromatic rings. The van der Waals surface area contributed by atoms with Crippen LogP contribution in [0.5, 0.6) is 11.5 Å². The summed E-state index contributed by atoms with van der Waals surface area (Å²) < 4.78 is 11.2. The molecular formula is C18H14Cl3N3O3S. The summed E-state index contributed by atoms with van der Waals surface area (Å²) in [7, 11) is 1.57. The Hall–Kier alpha value is -1.93. The van der Waals surface area contributed by atoms with E-state index < -0.39 is 0 Å². The van der Waals surface area contributed by atoms with E-state index >= 15 is 0 Å². The van der Waals surface area contributed by atoms with E-state index in [-0.39, 0.29) is 12.5 Å². The second kappa shape index (κ2) is 9.52. The van der Waals surface area contributed by atoms with E-state index in [1.165, 1.54) is 17.8 Å². The average Bonchev–Trinajstić information content (AvgIpc) is 3.09. The highest BCUT2D eigenvalue weighted by molar-refractivity contribution is 8.15. The van der Waals surface area contributed by atoms with Crippen LogP contribution in [0, 0.1) is 0 Å². The van der Waals surface area contributed by atoms with E-state index in [2.05, 4.69) is 15.5 Å². The molecule has 1 aliphatic rings. The highest BCUT2D eigenvalue weighted by atomic mass is 35.5. The lowest BCUT2D eigenvalue weighted by Crippen LogP contribution is -2.19. The molecule has 1 fully saturated rings. The smallest absolute Gasteiger partial charge is 0.236 e. The summed E-state index contributed by atoms with van der Waals surface area (Å²) in [6.07, 6.45) is 1.58. The molecule has 0 atom stereocenters. The lowest BCUT2D eigenvalue weighted by Gasteiger charge is -2.12. The van der Waals surface area contributed by atoms with Gasteiger partial charge < -0.3 is 14.8 Å². The summed E-state index contributed by atoms with van der Waals surface area (Å²) in [6, 6.07) is 8.58. The molecule has 146 valence electrons. The van der Waals surface area contributed by atoms with Gasteiger partial charge in [-0.05, 0) is 29.8 Å². The average molecular weight is 459 g/mol. The highest BCUT2D eigenvalue weighted by Crippen LogP contribution is 2.34. The van der Waals surface area contributed by atoms with Crippen molar-refractivity contribution in [2.75, 3.05) is 12.9 Å². The van der Waals surface area contributed by atoms with Gasteiger partial charge in [-0.25, -0.2) is 0 Å². The lowest BCUT2D eigenvalue weighted by atomic mass is 10.1. The van der Waals surface area contributed by atoms with Gasteiger partial charge in [-0.3, -0.25) is 4.79 Å². The van der Waals surface area contributed by atoms with Crippen molar-refractivity contribution in [2.45, 2.75) is 6.61 Å². The van der Waals surface area contributed by atoms with Crippen molar-refractivity contribution in [3.63, 3.8) is 0 Å². The van der Waals surface area contributed by atoms with Crippen molar-refractivity contribution in [1.29, 1.82) is 0 Å². The Labute approximate surface area is 180 Å². The number of nitrogens with zero attached hydrogens (tertiary/aromatic N) is 2. The van der Waals surface area contributed by atoms with E-state index in [0.717, 1.165) is 11.1 Å². The molecule has 0 saturated carbocycles. The third-order valence-electron chi connectivity index (χ3n) is 3.60. The SMILES string of the molecule is COc1ccc(C=NN=C2NC(=O)CS2)cc1COc1cc(Cl)c(Cl)cc1Cl. The molecule has 1 N–H and O–H groups in total. The predicted molar refractivity (Wildman–Crippen MR) is 114 cm³/mol. The predicted octanol–water partition coefficient (Wildman–Crippen LogP) is 4.79. The summed E-state index contributed by atoms with van der Waals surface area (Å²) in [6.45, 7) is 0.197. The van der Waals surface area contributed by atoms with Gasteiger partial charge in [0.15, 0.2) is 5.17 Å². The third kappa shape index (κ3) is 5.32. The Balaban J connectivity index is 1.74. The molecule has 28 heavy (non-hydrogen) atoms. The van der Waals surface area contributed by atoms with Gasteiger partial charge in [0.25, 0.3) is 0 Å². The molecule has 3 rings (SSSR count). The number of ether oxygens (including phenoxy) is 2. The normalized spacial score (nSPS) is 15.3. The number of rotatable bonds is 6. The number of amides is 1. The van der Waals surface area contributed by atoms with Crippen LogP contribution < -0.4 is 14.8 Å². The minimum Gasteiger partial charge on any atom is -0.496 e. The van der Waals surface area contributed by atoms with Crippen molar-refractivity contribution >= 4 is 63.9 Å². The molecule has 1 heterocycles. The Kier molecular flexibility index (Phi) is 7.07. The van der Waals surface area contributed by atoms with Gasteiger partial charge >= 0.3 is 0 Å². The van der Waals surface area contributed by atoms with E-state index in [0.29, 0.717) is 37.5 Å². The summed E-state index contributed by atoms with van der Waals surface area (Å²) in [5, 5.41) is 12.1. The first-order chi connectivity index (χ1) is 13.5. The monoisotopic (exact) mass is 457 g/mol. The molecule has 1 aliphatic heterocycles. The zero-order chi connectivity index (χ0) is 20.1. The van der Waals surface area contributed by atoms with Gasteiger partial charge in [0.1, 0.15) is 18.1 Å². The third-order valence-corrected chi connectivity index (χ3v) is 5.49. The molecule has 1 amide bonds. The number of hydrogen-bond donors (Lipinski definition) is 1. The minimum absolute atomic E-state index is 0.0798. The molecule has 1 saturated heterocycles. The van der Waals surface area contributed by atoms with Crippen molar-refractivity contribution in [3.8, 4) is 11.5 Å². The number of carbonyl (C=O) groups excluding carboxylic acids is 1. The Bertz CT molecular complexity index is 967. The van der Waals surface area contributed by atoms with Gasteiger partial charge in [0.05, 0.1) is 34.1 Å². The fourth-order valence-electron chi connectivity index (χ4n) is 2.29. The second-order valence-electron chi connectivity index (χ2n) is 5.54. The topological polar surface area (TPSA) is 72.3 Å². The molecule has 2 aromatic carbocycles. The number of thioether (sulfide) groups is 1. The van der Waals surface area contributed by atoms with Crippen molar-refractivity contribution in [3.05, 3.63) is 56.5 Å². The maximum atomic E-state index is 11.1. The molecule has 0 unspecified atom stereocenters. The molecule has 6 nitrogen and oxygen atoms in total. The lowest BCUT2D eigenvalue weighted by molar-refractivity contribution is -0.116. The molecule has 0 radical (unpaired) electrons. The van der Waals surface area contributed by atoms with Crippen LogP contribution in [0.4, 0.5) is 0 Å². The number of amidine groups is 1. The van der Waals surface area contributed by atoms with E-state index in [9.17, 15) is 4.79 Å². The summed E-state index contributed by atoms with van der Waals surface area (Å²) in [5.74, 6) is 1.34. The molecule has 0 bridgehead atoms. The van der Waals surface area contributed by atoms with Crippen LogP contribution in [-0.2, 0) is 11.4 Å². The maximum absolute atomic E-state index is 11.1. The van der Waals surface area contributed by atoms with Crippen molar-refractivity contribution < 1.29 is 14.3 Å². The quantitative estimate of drug-likeness (QED) is 0.384. The van der Waals surface area contributed by atoms with Crippen LogP contribution in [-0.4, -0.2) is 30.2 Å². The zero-order valence-electron chi connectivity index (χ0n) is 14.5. The molecule has 0 aliphatic carbocycles. The summed E-state index contributed by atoms with van der Waals surface area (Å²) >= 11 is 19.4. The maximum Gasteiger partial charge on any atom is 0.236 e. The van der Waals surface area contributed by atoms with Crippen molar-refractivity contribution in [2.24, 2.45) is 10.2 Å². The number of hydrogen-bond acceptors (Lipinski definition) is 6. The van der Waals surface area contributed by atoms with Gasteiger partial charge in [0.2, 0.25) is 5.91 Å². The van der Waals surface area contributed by atoms with E-state index in [4.69, 9.17) is 44.3 Å². The fraction of sp³-hybridized carbons (Fsp3) is 0.167. The Morgan fingerprint density at radius 2 is 1.93 bits per heavy atom. The van der Waals surface area contributed by atoms with Gasteiger partial charge in [-0.15, -0.1) is 5.10 Å². The standard InChI is InChI=1S/C18H14Cl3N3O3S/c1-26-15-3-2-10(7-22-24-18-23-17(25)9-28-18)4-11(15)8-27-16-6-13(20)12(19)5-14(16)21/h2-7H,8-9H2,1H3,(H,23,24,25). The fourth-order valence-corrected chi connectivity index (χ4v) is 3.51. The summed E-state index contributed by atoms with van der Waals surface area (Å²) in [4.78, 5) is 11.1. The van der Waals surface area contributed by atoms with Crippen LogP contribution in [0.1, 0.15) is 11.1 Å². The largest absolute Gasteiger partial charge is 0.496 e. The number of carbonyl (C=O) groups is 1. The number of nitrogens with one attached hydrogen (secondary N) is 1. The number of benzene rings is 2. The molecule has 0 aromatic heterocycles. The molecule has 0 spiro atoms. The number of halogens is 3. The van der Waals surface area contributed by atoms with Crippen LogP contribution in [0.2, 0.25) is 15.1 Å². The van der Waals surface area contributed by atoms with Gasteiger partial charge in [-0.2, -0.15) is 5.10 Å². The number of methoxy groups -OCH3 is 1. The van der Waals surface area contributed by atoms with Crippen molar-refractivity contribution in [1.82, 2.24) is 5.32 Å². The van der Waals surface area contributed by atoms with Crippen LogP contribution in [0.15, 0.2) is 40.5 Å². The van der Waals surface area contributed by atoms with Crippen LogP contribution >= 0.6 is 46.6 Å².